The topological polar surface area (TPSA) is 257 Å². The fraction of sp³-hybridized carbons (Fsp3) is 0.514. The minimum atomic E-state index is -1.11. The van der Waals surface area contributed by atoms with Gasteiger partial charge in [0.2, 0.25) is 23.6 Å². The van der Waals surface area contributed by atoms with E-state index in [2.05, 4.69) is 26.6 Å². The lowest BCUT2D eigenvalue weighted by Gasteiger charge is -2.62. The van der Waals surface area contributed by atoms with Gasteiger partial charge in [-0.1, -0.05) is 60.7 Å². The van der Waals surface area contributed by atoms with Gasteiger partial charge >= 0.3 is 6.09 Å². The average Bonchev–Trinajstić information content (AvgIpc) is 3.09. The summed E-state index contributed by atoms with van der Waals surface area (Å²) < 4.78 is 5.21. The summed E-state index contributed by atoms with van der Waals surface area (Å²) in [5.74, 6) is -1.87. The van der Waals surface area contributed by atoms with Crippen LogP contribution in [-0.4, -0.2) is 72.9 Å². The number of nitrogens with two attached hydrogens (primary N) is 3. The minimum Gasteiger partial charge on any atom is -0.445 e. The Balaban J connectivity index is 1.33. The lowest BCUT2D eigenvalue weighted by atomic mass is 9.43. The van der Waals surface area contributed by atoms with Crippen LogP contribution in [0.2, 0.25) is 0 Å². The first-order valence-corrected chi connectivity index (χ1v) is 18.0. The van der Waals surface area contributed by atoms with Crippen LogP contribution in [0.5, 0.6) is 0 Å². The van der Waals surface area contributed by atoms with Crippen LogP contribution in [0.3, 0.4) is 0 Å². The van der Waals surface area contributed by atoms with Crippen molar-refractivity contribution in [3.63, 3.8) is 0 Å². The molecule has 15 heteroatoms. The van der Waals surface area contributed by atoms with E-state index in [9.17, 15) is 24.0 Å². The molecule has 282 valence electrons. The minimum absolute atomic E-state index is 0.106. The smallest absolute Gasteiger partial charge is 0.407 e. The normalized spacial score (nSPS) is 19.2. The van der Waals surface area contributed by atoms with E-state index in [4.69, 9.17) is 27.3 Å². The zero-order chi connectivity index (χ0) is 37.5. The van der Waals surface area contributed by atoms with Gasteiger partial charge in [0.1, 0.15) is 24.7 Å². The molecule has 2 aromatic rings. The Kier molecular flexibility index (Phi) is 14.8. The molecule has 4 atom stereocenters. The maximum atomic E-state index is 13.8. The van der Waals surface area contributed by atoms with Gasteiger partial charge in [-0.05, 0) is 80.2 Å². The van der Waals surface area contributed by atoms with Crippen LogP contribution in [0.4, 0.5) is 4.79 Å². The molecule has 0 unspecified atom stereocenters. The van der Waals surface area contributed by atoms with E-state index in [1.165, 1.54) is 0 Å². The Morgan fingerprint density at radius 1 is 0.731 bits per heavy atom. The van der Waals surface area contributed by atoms with Gasteiger partial charge in [-0.25, -0.2) is 4.79 Å². The van der Waals surface area contributed by atoms with Crippen molar-refractivity contribution in [3.05, 3.63) is 71.8 Å². The standard InChI is InChI=1S/C37H53N9O6/c38-27(22-37-19-26(20-37)21-37)32(48)45-29(15-9-17-42-35(40)41)33(49)46-30(18-24-10-3-1-4-11-24)34(50)44-28(31(39)47)14-7-8-16-43-36(51)52-23-25-12-5-2-6-13-25/h1-6,10-13,26-30H,7-9,14-23,38H2,(H2,39,47)(H,43,51)(H,44,50)(H,45,48)(H,46,49)(H4,40,41,42)/t26?,27-,28-,29-,30-,37?/m0/s1. The summed E-state index contributed by atoms with van der Waals surface area (Å²) in [6.45, 7) is 0.728. The molecule has 15 nitrogen and oxygen atoms in total. The SMILES string of the molecule is N=C(N)NCCC[C@H](NC(=O)[C@@H](N)CC12CC(C1)C2)C(=O)N[C@@H](Cc1ccccc1)C(=O)N[C@@H](CCCCNC(=O)OCc1ccccc1)C(N)=O. The van der Waals surface area contributed by atoms with Crippen molar-refractivity contribution in [2.75, 3.05) is 13.1 Å². The molecule has 3 aliphatic carbocycles. The Morgan fingerprint density at radius 2 is 1.29 bits per heavy atom. The predicted molar refractivity (Wildman–Crippen MR) is 195 cm³/mol. The number of carbonyl (C=O) groups excluding carboxylic acids is 5. The third kappa shape index (κ3) is 12.5. The van der Waals surface area contributed by atoms with Gasteiger partial charge < -0.3 is 48.5 Å². The summed E-state index contributed by atoms with van der Waals surface area (Å²) in [7, 11) is 0. The summed E-state index contributed by atoms with van der Waals surface area (Å²) in [5.41, 5.74) is 19.1. The Hall–Kier alpha value is -5.18. The second-order valence-electron chi connectivity index (χ2n) is 14.0. The number of hydrogen-bond donors (Lipinski definition) is 9. The van der Waals surface area contributed by atoms with Crippen LogP contribution in [-0.2, 0) is 36.9 Å². The number of hydrogen-bond acceptors (Lipinski definition) is 8. The molecular weight excluding hydrogens is 666 g/mol. The molecule has 0 radical (unpaired) electrons. The fourth-order valence-corrected chi connectivity index (χ4v) is 6.87. The highest BCUT2D eigenvalue weighted by molar-refractivity contribution is 5.94. The summed E-state index contributed by atoms with van der Waals surface area (Å²) in [6.07, 6.45) is 5.06. The molecule has 0 heterocycles. The zero-order valence-electron chi connectivity index (χ0n) is 29.5. The van der Waals surface area contributed by atoms with Gasteiger partial charge in [0.15, 0.2) is 5.96 Å². The van der Waals surface area contributed by atoms with E-state index in [1.807, 2.05) is 60.7 Å². The van der Waals surface area contributed by atoms with Crippen LogP contribution < -0.4 is 43.8 Å². The van der Waals surface area contributed by atoms with Crippen LogP contribution >= 0.6 is 0 Å². The van der Waals surface area contributed by atoms with E-state index in [1.54, 1.807) is 0 Å². The third-order valence-electron chi connectivity index (χ3n) is 9.75. The number of primary amides is 1. The largest absolute Gasteiger partial charge is 0.445 e. The van der Waals surface area contributed by atoms with Gasteiger partial charge in [-0.3, -0.25) is 24.6 Å². The molecule has 0 saturated heterocycles. The van der Waals surface area contributed by atoms with Crippen molar-refractivity contribution in [1.29, 1.82) is 5.41 Å². The first kappa shape index (κ1) is 39.6. The van der Waals surface area contributed by atoms with E-state index >= 15 is 0 Å². The molecule has 5 amide bonds. The molecule has 12 N–H and O–H groups in total. The first-order valence-electron chi connectivity index (χ1n) is 18.0. The summed E-state index contributed by atoms with van der Waals surface area (Å²) >= 11 is 0. The maximum absolute atomic E-state index is 13.8. The van der Waals surface area contributed by atoms with Gasteiger partial charge in [0, 0.05) is 19.5 Å². The Bertz CT molecular complexity index is 1510. The quantitative estimate of drug-likeness (QED) is 0.0478. The molecule has 0 aliphatic heterocycles. The van der Waals surface area contributed by atoms with Gasteiger partial charge in [-0.2, -0.15) is 0 Å². The fourth-order valence-electron chi connectivity index (χ4n) is 6.87. The lowest BCUT2D eigenvalue weighted by molar-refractivity contribution is -0.138. The van der Waals surface area contributed by atoms with Crippen LogP contribution in [0.15, 0.2) is 60.7 Å². The third-order valence-corrected chi connectivity index (χ3v) is 9.75. The van der Waals surface area contributed by atoms with Crippen molar-refractivity contribution in [2.45, 2.75) is 95.0 Å². The highest BCUT2D eigenvalue weighted by Gasteiger charge is 2.57. The molecule has 3 aliphatic rings. The molecule has 3 saturated carbocycles. The monoisotopic (exact) mass is 719 g/mol. The molecule has 0 spiro atoms. The lowest BCUT2D eigenvalue weighted by Crippen LogP contribution is -2.59. The number of alkyl carbamates (subject to hydrolysis) is 1. The van der Waals surface area contributed by atoms with E-state index in [-0.39, 0.29) is 37.2 Å². The van der Waals surface area contributed by atoms with E-state index < -0.39 is 53.9 Å². The van der Waals surface area contributed by atoms with Gasteiger partial charge in [-0.15, -0.1) is 0 Å². The number of guanidine groups is 1. The summed E-state index contributed by atoms with van der Waals surface area (Å²) in [5, 5.41) is 21.0. The number of nitrogens with one attached hydrogen (secondary N) is 6. The van der Waals surface area contributed by atoms with Crippen molar-refractivity contribution < 1.29 is 28.7 Å². The highest BCUT2D eigenvalue weighted by atomic mass is 16.5. The number of benzene rings is 2. The molecule has 0 aromatic heterocycles. The van der Waals surface area contributed by atoms with Crippen molar-refractivity contribution in [1.82, 2.24) is 26.6 Å². The Labute approximate surface area is 304 Å². The second-order valence-corrected chi connectivity index (χ2v) is 14.0. The van der Waals surface area contributed by atoms with Crippen LogP contribution in [0.1, 0.15) is 68.9 Å². The van der Waals surface area contributed by atoms with Gasteiger partial charge in [0.05, 0.1) is 6.04 Å². The number of unbranched alkanes of at least 4 members (excludes halogenated alkanes) is 1. The number of ether oxygens (including phenoxy) is 1. The first-order chi connectivity index (χ1) is 24.9. The molecule has 2 bridgehead atoms. The van der Waals surface area contributed by atoms with Crippen molar-refractivity contribution >= 4 is 35.7 Å². The summed E-state index contributed by atoms with van der Waals surface area (Å²) in [6, 6.07) is 14.4. The number of carbonyl (C=O) groups is 5. The maximum Gasteiger partial charge on any atom is 0.407 e. The van der Waals surface area contributed by atoms with Crippen molar-refractivity contribution in [2.24, 2.45) is 28.5 Å². The molecular formula is C37H53N9O6. The van der Waals surface area contributed by atoms with E-state index in [0.717, 1.165) is 36.3 Å². The second kappa shape index (κ2) is 19.4. The van der Waals surface area contributed by atoms with E-state index in [0.29, 0.717) is 38.8 Å². The van der Waals surface area contributed by atoms with Gasteiger partial charge in [0.25, 0.3) is 0 Å². The average molecular weight is 720 g/mol. The highest BCUT2D eigenvalue weighted by Crippen LogP contribution is 2.66. The molecule has 2 aromatic carbocycles. The molecule has 5 rings (SSSR count). The van der Waals surface area contributed by atoms with Crippen molar-refractivity contribution in [3.8, 4) is 0 Å². The van der Waals surface area contributed by atoms with Crippen LogP contribution in [0, 0.1) is 16.7 Å². The number of amides is 5. The summed E-state index contributed by atoms with van der Waals surface area (Å²) in [4.78, 5) is 65.1. The Morgan fingerprint density at radius 3 is 1.88 bits per heavy atom. The zero-order valence-corrected chi connectivity index (χ0v) is 29.5. The number of rotatable bonds is 22. The molecule has 52 heavy (non-hydrogen) atoms. The van der Waals surface area contributed by atoms with Crippen LogP contribution in [0.25, 0.3) is 0 Å². The predicted octanol–water partition coefficient (Wildman–Crippen LogP) is 1.05. The molecule has 3 fully saturated rings.